The molecule has 35 heavy (non-hydrogen) atoms. The number of carbonyl (C=O) groups excluding carboxylic acids is 2. The molecule has 2 heterocycles. The number of nitrogens with zero attached hydrogens (tertiary/aromatic N) is 1. The van der Waals surface area contributed by atoms with Crippen molar-refractivity contribution in [2.45, 2.75) is 18.9 Å². The Morgan fingerprint density at radius 1 is 1.14 bits per heavy atom. The lowest BCUT2D eigenvalue weighted by Gasteiger charge is -2.18. The van der Waals surface area contributed by atoms with Crippen LogP contribution in [0.2, 0.25) is 0 Å². The average Bonchev–Trinajstić information content (AvgIpc) is 3.48. The summed E-state index contributed by atoms with van der Waals surface area (Å²) in [6.07, 6.45) is 6.72. The molecule has 4 rings (SSSR count). The molecule has 0 radical (unpaired) electrons. The molecule has 2 saturated heterocycles. The standard InChI is InChI=1S/C26H25NO6S2/c1-30-19-9-5-17(6-10-19)8-12-24(28)33-21-11-7-18(14-22(21)31-2)15-23-25(29)27(26(34)35-23)16-20-4-3-13-32-20/h5-12,14-15,20H,3-4,13,16H2,1-2H3. The van der Waals surface area contributed by atoms with Crippen LogP contribution in [0.4, 0.5) is 0 Å². The van der Waals surface area contributed by atoms with Gasteiger partial charge < -0.3 is 18.9 Å². The van der Waals surface area contributed by atoms with E-state index in [1.807, 2.05) is 24.3 Å². The Morgan fingerprint density at radius 2 is 1.91 bits per heavy atom. The van der Waals surface area contributed by atoms with Crippen LogP contribution in [-0.2, 0) is 14.3 Å². The molecule has 0 spiro atoms. The maximum Gasteiger partial charge on any atom is 0.336 e. The van der Waals surface area contributed by atoms with Crippen LogP contribution in [0.15, 0.2) is 53.4 Å². The molecule has 0 aliphatic carbocycles. The number of amides is 1. The number of hydrogen-bond acceptors (Lipinski definition) is 8. The van der Waals surface area contributed by atoms with E-state index >= 15 is 0 Å². The SMILES string of the molecule is COc1ccc(C=CC(=O)Oc2ccc(C=C3SC(=S)N(CC4CCCO4)C3=O)cc2OC)cc1. The molecule has 2 aromatic carbocycles. The van der Waals surface area contributed by atoms with Gasteiger partial charge in [0, 0.05) is 12.7 Å². The van der Waals surface area contributed by atoms with E-state index in [2.05, 4.69) is 0 Å². The van der Waals surface area contributed by atoms with Gasteiger partial charge in [-0.1, -0.05) is 42.2 Å². The molecule has 1 atom stereocenters. The Morgan fingerprint density at radius 3 is 2.60 bits per heavy atom. The quantitative estimate of drug-likeness (QED) is 0.219. The number of carbonyl (C=O) groups is 2. The molecular weight excluding hydrogens is 486 g/mol. The third-order valence-corrected chi connectivity index (χ3v) is 6.89. The smallest absolute Gasteiger partial charge is 0.336 e. The average molecular weight is 512 g/mol. The molecule has 7 nitrogen and oxygen atoms in total. The lowest BCUT2D eigenvalue weighted by molar-refractivity contribution is -0.129. The molecule has 9 heteroatoms. The lowest BCUT2D eigenvalue weighted by Crippen LogP contribution is -2.35. The third kappa shape index (κ3) is 6.30. The van der Waals surface area contributed by atoms with Crippen LogP contribution in [-0.4, -0.2) is 54.6 Å². The third-order valence-electron chi connectivity index (χ3n) is 5.51. The Hall–Kier alpha value is -3.14. The van der Waals surface area contributed by atoms with Gasteiger partial charge in [-0.15, -0.1) is 0 Å². The Bertz CT molecular complexity index is 1170. The highest BCUT2D eigenvalue weighted by atomic mass is 32.2. The van der Waals surface area contributed by atoms with Crippen LogP contribution in [0, 0.1) is 0 Å². The first-order chi connectivity index (χ1) is 17.0. The summed E-state index contributed by atoms with van der Waals surface area (Å²) in [6, 6.07) is 12.4. The van der Waals surface area contributed by atoms with E-state index < -0.39 is 5.97 Å². The van der Waals surface area contributed by atoms with E-state index in [0.29, 0.717) is 21.5 Å². The van der Waals surface area contributed by atoms with Crippen molar-refractivity contribution in [1.82, 2.24) is 4.90 Å². The summed E-state index contributed by atoms with van der Waals surface area (Å²) < 4.78 is 22.1. The minimum absolute atomic E-state index is 0.0321. The monoisotopic (exact) mass is 511 g/mol. The van der Waals surface area contributed by atoms with Crippen LogP contribution in [0.1, 0.15) is 24.0 Å². The van der Waals surface area contributed by atoms with Crippen molar-refractivity contribution in [3.63, 3.8) is 0 Å². The summed E-state index contributed by atoms with van der Waals surface area (Å²) in [5.74, 6) is 0.717. The molecular formula is C26H25NO6S2. The molecule has 0 N–H and O–H groups in total. The van der Waals surface area contributed by atoms with E-state index in [9.17, 15) is 9.59 Å². The van der Waals surface area contributed by atoms with Crippen molar-refractivity contribution < 1.29 is 28.5 Å². The van der Waals surface area contributed by atoms with E-state index in [1.54, 1.807) is 42.4 Å². The van der Waals surface area contributed by atoms with Gasteiger partial charge in [-0.2, -0.15) is 0 Å². The summed E-state index contributed by atoms with van der Waals surface area (Å²) in [4.78, 5) is 27.3. The van der Waals surface area contributed by atoms with Gasteiger partial charge in [0.15, 0.2) is 11.5 Å². The Labute approximate surface area is 213 Å². The number of esters is 1. The summed E-state index contributed by atoms with van der Waals surface area (Å²) in [7, 11) is 3.09. The fourth-order valence-corrected chi connectivity index (χ4v) is 4.96. The van der Waals surface area contributed by atoms with Crippen molar-refractivity contribution in [3.05, 3.63) is 64.6 Å². The Balaban J connectivity index is 1.42. The lowest BCUT2D eigenvalue weighted by atomic mass is 10.1. The van der Waals surface area contributed by atoms with Gasteiger partial charge in [0.1, 0.15) is 10.1 Å². The number of ether oxygens (including phenoxy) is 4. The van der Waals surface area contributed by atoms with Crippen LogP contribution >= 0.6 is 24.0 Å². The molecule has 2 aliphatic heterocycles. The minimum atomic E-state index is -0.540. The zero-order valence-corrected chi connectivity index (χ0v) is 21.0. The minimum Gasteiger partial charge on any atom is -0.497 e. The number of thioether (sulfide) groups is 1. The molecule has 0 bridgehead atoms. The maximum absolute atomic E-state index is 12.9. The molecule has 1 amide bonds. The number of benzene rings is 2. The Kier molecular flexibility index (Phi) is 8.22. The first-order valence-corrected chi connectivity index (χ1v) is 12.3. The normalized spacial score (nSPS) is 19.1. The van der Waals surface area contributed by atoms with Crippen molar-refractivity contribution in [1.29, 1.82) is 0 Å². The summed E-state index contributed by atoms with van der Waals surface area (Å²) in [6.45, 7) is 1.20. The van der Waals surface area contributed by atoms with E-state index in [1.165, 1.54) is 24.9 Å². The molecule has 2 aliphatic rings. The predicted octanol–water partition coefficient (Wildman–Crippen LogP) is 4.70. The van der Waals surface area contributed by atoms with Gasteiger partial charge in [0.25, 0.3) is 5.91 Å². The number of rotatable bonds is 8. The first-order valence-electron chi connectivity index (χ1n) is 11.1. The largest absolute Gasteiger partial charge is 0.497 e. The fraction of sp³-hybridized carbons (Fsp3) is 0.269. The van der Waals surface area contributed by atoms with Crippen molar-refractivity contribution in [2.24, 2.45) is 0 Å². The van der Waals surface area contributed by atoms with Gasteiger partial charge in [-0.05, 0) is 60.4 Å². The number of methoxy groups -OCH3 is 2. The van der Waals surface area contributed by atoms with Crippen molar-refractivity contribution >= 4 is 52.3 Å². The van der Waals surface area contributed by atoms with Gasteiger partial charge in [0.2, 0.25) is 0 Å². The highest BCUT2D eigenvalue weighted by molar-refractivity contribution is 8.26. The highest BCUT2D eigenvalue weighted by Crippen LogP contribution is 2.35. The van der Waals surface area contributed by atoms with E-state index in [-0.39, 0.29) is 17.8 Å². The summed E-state index contributed by atoms with van der Waals surface area (Å²) in [5.41, 5.74) is 1.56. The molecule has 182 valence electrons. The number of hydrogen-bond donors (Lipinski definition) is 0. The highest BCUT2D eigenvalue weighted by Gasteiger charge is 2.34. The van der Waals surface area contributed by atoms with Gasteiger partial charge in [-0.25, -0.2) is 4.79 Å². The molecule has 0 saturated carbocycles. The summed E-state index contributed by atoms with van der Waals surface area (Å²) >= 11 is 6.68. The van der Waals surface area contributed by atoms with E-state index in [0.717, 1.165) is 36.3 Å². The van der Waals surface area contributed by atoms with Crippen molar-refractivity contribution in [3.8, 4) is 17.2 Å². The molecule has 2 aromatic rings. The van der Waals surface area contributed by atoms with Crippen LogP contribution in [0.3, 0.4) is 0 Å². The fourth-order valence-electron chi connectivity index (χ4n) is 3.68. The molecule has 1 unspecified atom stereocenters. The van der Waals surface area contributed by atoms with Crippen LogP contribution in [0.25, 0.3) is 12.2 Å². The second-order valence-corrected chi connectivity index (χ2v) is 9.54. The van der Waals surface area contributed by atoms with Gasteiger partial charge >= 0.3 is 5.97 Å². The first kappa shape index (κ1) is 25.0. The van der Waals surface area contributed by atoms with Crippen molar-refractivity contribution in [2.75, 3.05) is 27.4 Å². The second-order valence-electron chi connectivity index (χ2n) is 7.87. The zero-order valence-electron chi connectivity index (χ0n) is 19.4. The summed E-state index contributed by atoms with van der Waals surface area (Å²) in [5, 5.41) is 0. The predicted molar refractivity (Wildman–Crippen MR) is 140 cm³/mol. The maximum atomic E-state index is 12.9. The topological polar surface area (TPSA) is 74.3 Å². The van der Waals surface area contributed by atoms with Gasteiger partial charge in [0.05, 0.1) is 31.8 Å². The number of thiocarbonyl (C=S) groups is 1. The zero-order chi connectivity index (χ0) is 24.8. The molecule has 2 fully saturated rings. The van der Waals surface area contributed by atoms with Gasteiger partial charge in [-0.3, -0.25) is 9.69 Å². The molecule has 0 aromatic heterocycles. The van der Waals surface area contributed by atoms with Crippen LogP contribution in [0.5, 0.6) is 17.2 Å². The van der Waals surface area contributed by atoms with E-state index in [4.69, 9.17) is 31.2 Å². The van der Waals surface area contributed by atoms with Crippen LogP contribution < -0.4 is 14.2 Å². The second kappa shape index (κ2) is 11.5.